The molecule has 0 bridgehead atoms. The minimum absolute atomic E-state index is 0.0915. The molecular weight excluding hydrogens is 251 g/mol. The van der Waals surface area contributed by atoms with Gasteiger partial charge in [-0.15, -0.1) is 0 Å². The van der Waals surface area contributed by atoms with E-state index >= 15 is 0 Å². The molecule has 2 rings (SSSR count). The molecule has 0 spiro atoms. The number of benzene rings is 1. The number of amides is 1. The summed E-state index contributed by atoms with van der Waals surface area (Å²) in [6.07, 6.45) is 0. The zero-order chi connectivity index (χ0) is 13.1. The molecule has 2 aromatic rings. The molecule has 0 atom stereocenters. The molecule has 1 heterocycles. The number of nitrogens with zero attached hydrogens (tertiary/aromatic N) is 1. The summed E-state index contributed by atoms with van der Waals surface area (Å²) in [4.78, 5) is 12.3. The van der Waals surface area contributed by atoms with Crippen LogP contribution in [0.1, 0.15) is 23.5 Å². The average molecular weight is 264 g/mol. The fraction of sp³-hybridized carbons (Fsp3) is 0.231. The van der Waals surface area contributed by atoms with Crippen molar-refractivity contribution in [2.45, 2.75) is 19.9 Å². The second kappa shape index (κ2) is 5.27. The van der Waals surface area contributed by atoms with E-state index in [1.165, 1.54) is 12.1 Å². The predicted molar refractivity (Wildman–Crippen MR) is 70.1 cm³/mol. The quantitative estimate of drug-likeness (QED) is 0.925. The molecular formula is C13H13FN2OS. The highest BCUT2D eigenvalue weighted by molar-refractivity contribution is 7.08. The summed E-state index contributed by atoms with van der Waals surface area (Å²) in [5.41, 5.74) is 1.49. The molecule has 0 saturated heterocycles. The van der Waals surface area contributed by atoms with Crippen molar-refractivity contribution in [1.82, 2.24) is 9.69 Å². The molecule has 0 aliphatic carbocycles. The highest BCUT2D eigenvalue weighted by Crippen LogP contribution is 2.22. The SMILES string of the molecule is CC(C)NC(=O)c1cc(-c2ccc(F)cc2)ns1. The number of halogens is 1. The topological polar surface area (TPSA) is 42.0 Å². The van der Waals surface area contributed by atoms with Crippen molar-refractivity contribution in [2.24, 2.45) is 0 Å². The van der Waals surface area contributed by atoms with E-state index in [1.807, 2.05) is 13.8 Å². The Kier molecular flexibility index (Phi) is 3.72. The third-order valence-electron chi connectivity index (χ3n) is 2.29. The maximum absolute atomic E-state index is 12.8. The van der Waals surface area contributed by atoms with Gasteiger partial charge in [0, 0.05) is 11.6 Å². The smallest absolute Gasteiger partial charge is 0.263 e. The third kappa shape index (κ3) is 2.92. The minimum atomic E-state index is -0.285. The van der Waals surface area contributed by atoms with Gasteiger partial charge in [-0.05, 0) is 55.7 Å². The van der Waals surface area contributed by atoms with E-state index in [0.717, 1.165) is 17.1 Å². The van der Waals surface area contributed by atoms with Crippen LogP contribution in [0.2, 0.25) is 0 Å². The summed E-state index contributed by atoms with van der Waals surface area (Å²) in [6.45, 7) is 3.81. The summed E-state index contributed by atoms with van der Waals surface area (Å²) < 4.78 is 17.0. The third-order valence-corrected chi connectivity index (χ3v) is 3.08. The molecule has 0 radical (unpaired) electrons. The van der Waals surface area contributed by atoms with Gasteiger partial charge in [-0.1, -0.05) is 0 Å². The normalized spacial score (nSPS) is 10.7. The Morgan fingerprint density at radius 3 is 2.61 bits per heavy atom. The molecule has 18 heavy (non-hydrogen) atoms. The zero-order valence-corrected chi connectivity index (χ0v) is 10.9. The lowest BCUT2D eigenvalue weighted by molar-refractivity contribution is 0.0947. The van der Waals surface area contributed by atoms with Crippen molar-refractivity contribution in [1.29, 1.82) is 0 Å². The Balaban J connectivity index is 2.20. The van der Waals surface area contributed by atoms with Crippen LogP contribution in [-0.2, 0) is 0 Å². The van der Waals surface area contributed by atoms with Crippen LogP contribution < -0.4 is 5.32 Å². The van der Waals surface area contributed by atoms with Gasteiger partial charge in [0.1, 0.15) is 10.7 Å². The second-order valence-electron chi connectivity index (χ2n) is 4.21. The van der Waals surface area contributed by atoms with Crippen LogP contribution in [-0.4, -0.2) is 16.3 Å². The van der Waals surface area contributed by atoms with E-state index in [2.05, 4.69) is 9.69 Å². The molecule has 0 fully saturated rings. The van der Waals surface area contributed by atoms with Crippen LogP contribution in [0.5, 0.6) is 0 Å². The lowest BCUT2D eigenvalue weighted by Crippen LogP contribution is -2.29. The van der Waals surface area contributed by atoms with Gasteiger partial charge in [0.2, 0.25) is 0 Å². The van der Waals surface area contributed by atoms with Crippen LogP contribution >= 0.6 is 11.5 Å². The Hall–Kier alpha value is -1.75. The first-order valence-electron chi connectivity index (χ1n) is 5.60. The lowest BCUT2D eigenvalue weighted by atomic mass is 10.1. The van der Waals surface area contributed by atoms with Gasteiger partial charge in [0.25, 0.3) is 5.91 Å². The Morgan fingerprint density at radius 1 is 1.33 bits per heavy atom. The van der Waals surface area contributed by atoms with Crippen LogP contribution in [0.25, 0.3) is 11.3 Å². The van der Waals surface area contributed by atoms with Crippen molar-refractivity contribution >= 4 is 17.4 Å². The number of carbonyl (C=O) groups excluding carboxylic acids is 1. The molecule has 1 N–H and O–H groups in total. The highest BCUT2D eigenvalue weighted by Gasteiger charge is 2.12. The van der Waals surface area contributed by atoms with E-state index in [4.69, 9.17) is 0 Å². The fourth-order valence-electron chi connectivity index (χ4n) is 1.47. The van der Waals surface area contributed by atoms with Gasteiger partial charge in [-0.25, -0.2) is 4.39 Å². The number of hydrogen-bond donors (Lipinski definition) is 1. The van der Waals surface area contributed by atoms with Crippen LogP contribution in [0, 0.1) is 5.82 Å². The lowest BCUT2D eigenvalue weighted by Gasteiger charge is -2.05. The maximum Gasteiger partial charge on any atom is 0.263 e. The van der Waals surface area contributed by atoms with Crippen LogP contribution in [0.4, 0.5) is 4.39 Å². The standard InChI is InChI=1S/C13H13FN2OS/c1-8(2)15-13(17)12-7-11(16-18-12)9-3-5-10(14)6-4-9/h3-8H,1-2H3,(H,15,17). The van der Waals surface area contributed by atoms with Gasteiger partial charge in [-0.3, -0.25) is 4.79 Å². The van der Waals surface area contributed by atoms with Crippen molar-refractivity contribution in [2.75, 3.05) is 0 Å². The molecule has 1 amide bonds. The number of carbonyl (C=O) groups is 1. The Bertz CT molecular complexity index is 548. The molecule has 1 aromatic heterocycles. The first-order valence-corrected chi connectivity index (χ1v) is 6.37. The molecule has 0 unspecified atom stereocenters. The van der Waals surface area contributed by atoms with Crippen molar-refractivity contribution < 1.29 is 9.18 Å². The Morgan fingerprint density at radius 2 is 2.00 bits per heavy atom. The van der Waals surface area contributed by atoms with Crippen molar-refractivity contribution in [3.05, 3.63) is 41.0 Å². The monoisotopic (exact) mass is 264 g/mol. The first kappa shape index (κ1) is 12.7. The number of hydrogen-bond acceptors (Lipinski definition) is 3. The van der Waals surface area contributed by atoms with Gasteiger partial charge in [0.05, 0.1) is 5.69 Å². The maximum atomic E-state index is 12.8. The number of aromatic nitrogens is 1. The van der Waals surface area contributed by atoms with Crippen molar-refractivity contribution in [3.63, 3.8) is 0 Å². The van der Waals surface area contributed by atoms with Gasteiger partial charge < -0.3 is 5.32 Å². The summed E-state index contributed by atoms with van der Waals surface area (Å²) in [6, 6.07) is 7.86. The molecule has 5 heteroatoms. The Labute approximate surface area is 109 Å². The van der Waals surface area contributed by atoms with Gasteiger partial charge in [-0.2, -0.15) is 4.37 Å². The van der Waals surface area contributed by atoms with Crippen molar-refractivity contribution in [3.8, 4) is 11.3 Å². The van der Waals surface area contributed by atoms with E-state index in [-0.39, 0.29) is 17.8 Å². The molecule has 0 aliphatic heterocycles. The summed E-state index contributed by atoms with van der Waals surface area (Å²) in [7, 11) is 0. The highest BCUT2D eigenvalue weighted by atomic mass is 32.1. The first-order chi connectivity index (χ1) is 8.56. The molecule has 0 saturated carbocycles. The summed E-state index contributed by atoms with van der Waals surface area (Å²) in [5, 5.41) is 2.80. The van der Waals surface area contributed by atoms with E-state index in [0.29, 0.717) is 10.6 Å². The number of nitrogens with one attached hydrogen (secondary N) is 1. The predicted octanol–water partition coefficient (Wildman–Crippen LogP) is 3.09. The average Bonchev–Trinajstić information content (AvgIpc) is 2.78. The van der Waals surface area contributed by atoms with Crippen LogP contribution in [0.15, 0.2) is 30.3 Å². The summed E-state index contributed by atoms with van der Waals surface area (Å²) in [5.74, 6) is -0.414. The second-order valence-corrected chi connectivity index (χ2v) is 5.02. The number of rotatable bonds is 3. The largest absolute Gasteiger partial charge is 0.349 e. The van der Waals surface area contributed by atoms with E-state index < -0.39 is 0 Å². The molecule has 94 valence electrons. The van der Waals surface area contributed by atoms with Gasteiger partial charge >= 0.3 is 0 Å². The zero-order valence-electron chi connectivity index (χ0n) is 10.1. The van der Waals surface area contributed by atoms with E-state index in [9.17, 15) is 9.18 Å². The molecule has 1 aromatic carbocycles. The fourth-order valence-corrected chi connectivity index (χ4v) is 2.13. The summed E-state index contributed by atoms with van der Waals surface area (Å²) >= 11 is 1.14. The molecule has 0 aliphatic rings. The molecule has 3 nitrogen and oxygen atoms in total. The van der Waals surface area contributed by atoms with E-state index in [1.54, 1.807) is 18.2 Å². The van der Waals surface area contributed by atoms with Crippen LogP contribution in [0.3, 0.4) is 0 Å². The van der Waals surface area contributed by atoms with Gasteiger partial charge in [0.15, 0.2) is 0 Å². The minimum Gasteiger partial charge on any atom is -0.349 e.